The Kier molecular flexibility index (Phi) is 6.49. The van der Waals surface area contributed by atoms with E-state index in [9.17, 15) is 14.4 Å². The summed E-state index contributed by atoms with van der Waals surface area (Å²) in [6.07, 6.45) is -0.357. The Hall–Kier alpha value is -3.35. The van der Waals surface area contributed by atoms with Crippen LogP contribution in [0.4, 0.5) is 4.79 Å². The largest absolute Gasteiger partial charge is 0.481 e. The first-order valence-electron chi connectivity index (χ1n) is 9.59. The Morgan fingerprint density at radius 3 is 2.17 bits per heavy atom. The summed E-state index contributed by atoms with van der Waals surface area (Å²) >= 11 is 0. The van der Waals surface area contributed by atoms with Gasteiger partial charge in [-0.1, -0.05) is 55.5 Å². The monoisotopic (exact) mass is 396 g/mol. The van der Waals surface area contributed by atoms with Gasteiger partial charge in [0.25, 0.3) is 0 Å². The van der Waals surface area contributed by atoms with Gasteiger partial charge in [0.05, 0.1) is 6.42 Å². The van der Waals surface area contributed by atoms with Gasteiger partial charge in [0.1, 0.15) is 13.2 Å². The lowest BCUT2D eigenvalue weighted by Gasteiger charge is -2.16. The van der Waals surface area contributed by atoms with Crippen molar-refractivity contribution in [3.63, 3.8) is 0 Å². The van der Waals surface area contributed by atoms with Crippen LogP contribution in [0.3, 0.4) is 0 Å². The number of amides is 2. The third-order valence-electron chi connectivity index (χ3n) is 5.02. The SMILES string of the molecule is CC[C@@H](CC(=O)O)NC(=O)CNC(=O)OCC1c2ccccc2-c2ccccc21. The Morgan fingerprint density at radius 1 is 1.03 bits per heavy atom. The van der Waals surface area contributed by atoms with Gasteiger partial charge >= 0.3 is 12.1 Å². The van der Waals surface area contributed by atoms with Gasteiger partial charge < -0.3 is 20.5 Å². The Morgan fingerprint density at radius 2 is 1.62 bits per heavy atom. The standard InChI is InChI=1S/C22H24N2O5/c1-2-14(11-21(26)27)24-20(25)12-23-22(28)29-13-19-17-9-5-3-7-15(17)16-8-4-6-10-18(16)19/h3-10,14,19H,2,11-13H2,1H3,(H,23,28)(H,24,25)(H,26,27)/t14-/m0/s1. The van der Waals surface area contributed by atoms with Crippen molar-refractivity contribution in [2.24, 2.45) is 0 Å². The second-order valence-corrected chi connectivity index (χ2v) is 6.95. The molecular weight excluding hydrogens is 372 g/mol. The molecule has 7 heteroatoms. The lowest BCUT2D eigenvalue weighted by atomic mass is 9.98. The van der Waals surface area contributed by atoms with Crippen molar-refractivity contribution in [2.45, 2.75) is 31.7 Å². The number of hydrogen-bond acceptors (Lipinski definition) is 4. The number of alkyl carbamates (subject to hydrolysis) is 1. The lowest BCUT2D eigenvalue weighted by Crippen LogP contribution is -2.42. The lowest BCUT2D eigenvalue weighted by molar-refractivity contribution is -0.137. The van der Waals surface area contributed by atoms with Gasteiger partial charge in [0, 0.05) is 12.0 Å². The highest BCUT2D eigenvalue weighted by Crippen LogP contribution is 2.44. The predicted molar refractivity (Wildman–Crippen MR) is 108 cm³/mol. The first-order valence-corrected chi connectivity index (χ1v) is 9.59. The third-order valence-corrected chi connectivity index (χ3v) is 5.02. The zero-order chi connectivity index (χ0) is 20.8. The van der Waals surface area contributed by atoms with E-state index in [4.69, 9.17) is 9.84 Å². The maximum absolute atomic E-state index is 12.1. The summed E-state index contributed by atoms with van der Waals surface area (Å²) in [5.74, 6) is -1.49. The second-order valence-electron chi connectivity index (χ2n) is 6.95. The number of carbonyl (C=O) groups excluding carboxylic acids is 2. The zero-order valence-electron chi connectivity index (χ0n) is 16.2. The van der Waals surface area contributed by atoms with Crippen LogP contribution in [0.15, 0.2) is 48.5 Å². The summed E-state index contributed by atoms with van der Waals surface area (Å²) in [5.41, 5.74) is 4.50. The molecule has 0 unspecified atom stereocenters. The summed E-state index contributed by atoms with van der Waals surface area (Å²) < 4.78 is 5.36. The van der Waals surface area contributed by atoms with Gasteiger partial charge in [0.2, 0.25) is 5.91 Å². The molecule has 29 heavy (non-hydrogen) atoms. The van der Waals surface area contributed by atoms with Crippen molar-refractivity contribution in [1.82, 2.24) is 10.6 Å². The molecule has 2 aromatic carbocycles. The molecule has 1 aliphatic rings. The van der Waals surface area contributed by atoms with Crippen LogP contribution in [0, 0.1) is 0 Å². The van der Waals surface area contributed by atoms with Gasteiger partial charge in [-0.3, -0.25) is 9.59 Å². The molecule has 0 saturated carbocycles. The van der Waals surface area contributed by atoms with Crippen LogP contribution >= 0.6 is 0 Å². The molecule has 1 atom stereocenters. The second kappa shape index (κ2) is 9.23. The molecule has 0 saturated heterocycles. The molecule has 2 amide bonds. The smallest absolute Gasteiger partial charge is 0.407 e. The van der Waals surface area contributed by atoms with E-state index < -0.39 is 24.0 Å². The number of carbonyl (C=O) groups is 3. The van der Waals surface area contributed by atoms with Crippen LogP contribution in [-0.2, 0) is 14.3 Å². The van der Waals surface area contributed by atoms with Crippen LogP contribution in [0.25, 0.3) is 11.1 Å². The molecule has 3 rings (SSSR count). The maximum atomic E-state index is 12.1. The van der Waals surface area contributed by atoms with Crippen LogP contribution < -0.4 is 10.6 Å². The van der Waals surface area contributed by atoms with Crippen molar-refractivity contribution < 1.29 is 24.2 Å². The number of carboxylic acids is 1. The van der Waals surface area contributed by atoms with Crippen LogP contribution in [0.1, 0.15) is 36.8 Å². The van der Waals surface area contributed by atoms with E-state index >= 15 is 0 Å². The zero-order valence-corrected chi connectivity index (χ0v) is 16.2. The molecule has 3 N–H and O–H groups in total. The van der Waals surface area contributed by atoms with Crippen molar-refractivity contribution in [1.29, 1.82) is 0 Å². The summed E-state index contributed by atoms with van der Waals surface area (Å²) in [5, 5.41) is 13.8. The number of rotatable bonds is 8. The van der Waals surface area contributed by atoms with Gasteiger partial charge in [0.15, 0.2) is 0 Å². The minimum Gasteiger partial charge on any atom is -0.481 e. The van der Waals surface area contributed by atoms with E-state index in [2.05, 4.69) is 22.8 Å². The molecule has 0 aliphatic heterocycles. The molecule has 1 aliphatic carbocycles. The number of aliphatic carboxylic acids is 1. The number of fused-ring (bicyclic) bond motifs is 3. The van der Waals surface area contributed by atoms with Crippen molar-refractivity contribution in [3.05, 3.63) is 59.7 Å². The van der Waals surface area contributed by atoms with Crippen LogP contribution in [-0.4, -0.2) is 42.3 Å². The number of benzene rings is 2. The normalized spacial score (nSPS) is 13.1. The molecule has 7 nitrogen and oxygen atoms in total. The summed E-state index contributed by atoms with van der Waals surface area (Å²) in [7, 11) is 0. The van der Waals surface area contributed by atoms with Crippen molar-refractivity contribution in [2.75, 3.05) is 13.2 Å². The van der Waals surface area contributed by atoms with E-state index in [-0.39, 0.29) is 25.5 Å². The molecule has 0 spiro atoms. The highest BCUT2D eigenvalue weighted by molar-refractivity contribution is 5.83. The number of carboxylic acid groups (broad SMARTS) is 1. The van der Waals surface area contributed by atoms with E-state index in [1.165, 1.54) is 0 Å². The van der Waals surface area contributed by atoms with Gasteiger partial charge in [-0.25, -0.2) is 4.79 Å². The fraction of sp³-hybridized carbons (Fsp3) is 0.318. The van der Waals surface area contributed by atoms with Crippen molar-refractivity contribution >= 4 is 18.0 Å². The third kappa shape index (κ3) is 4.93. The molecule has 0 bridgehead atoms. The minimum atomic E-state index is -0.985. The summed E-state index contributed by atoms with van der Waals surface area (Å²) in [4.78, 5) is 34.7. The Balaban J connectivity index is 1.52. The number of ether oxygens (including phenoxy) is 1. The van der Waals surface area contributed by atoms with Gasteiger partial charge in [-0.15, -0.1) is 0 Å². The Labute approximate surface area is 169 Å². The fourth-order valence-corrected chi connectivity index (χ4v) is 3.59. The van der Waals surface area contributed by atoms with Gasteiger partial charge in [-0.2, -0.15) is 0 Å². The number of hydrogen-bond donors (Lipinski definition) is 3. The average Bonchev–Trinajstić information content (AvgIpc) is 3.03. The van der Waals surface area contributed by atoms with Crippen LogP contribution in [0.2, 0.25) is 0 Å². The van der Waals surface area contributed by atoms with Crippen LogP contribution in [0.5, 0.6) is 0 Å². The predicted octanol–water partition coefficient (Wildman–Crippen LogP) is 2.89. The molecule has 0 aromatic heterocycles. The average molecular weight is 396 g/mol. The molecule has 0 radical (unpaired) electrons. The molecule has 152 valence electrons. The number of nitrogens with one attached hydrogen (secondary N) is 2. The maximum Gasteiger partial charge on any atom is 0.407 e. The fourth-order valence-electron chi connectivity index (χ4n) is 3.59. The van der Waals surface area contributed by atoms with E-state index in [0.29, 0.717) is 6.42 Å². The highest BCUT2D eigenvalue weighted by atomic mass is 16.5. The first-order chi connectivity index (χ1) is 14.0. The van der Waals surface area contributed by atoms with E-state index in [1.54, 1.807) is 6.92 Å². The molecule has 2 aromatic rings. The van der Waals surface area contributed by atoms with Gasteiger partial charge in [-0.05, 0) is 28.7 Å². The molecule has 0 heterocycles. The first kappa shape index (κ1) is 20.4. The molecular formula is C22H24N2O5. The molecule has 0 fully saturated rings. The van der Waals surface area contributed by atoms with E-state index in [0.717, 1.165) is 22.3 Å². The van der Waals surface area contributed by atoms with Crippen molar-refractivity contribution in [3.8, 4) is 11.1 Å². The summed E-state index contributed by atoms with van der Waals surface area (Å²) in [6.45, 7) is 1.68. The van der Waals surface area contributed by atoms with E-state index in [1.807, 2.05) is 36.4 Å². The topological polar surface area (TPSA) is 105 Å². The minimum absolute atomic E-state index is 0.0537. The highest BCUT2D eigenvalue weighted by Gasteiger charge is 2.29. The quantitative estimate of drug-likeness (QED) is 0.636. The Bertz CT molecular complexity index is 866. The summed E-state index contributed by atoms with van der Waals surface area (Å²) in [6, 6.07) is 15.6.